The maximum atomic E-state index is 11.3. The van der Waals surface area contributed by atoms with Gasteiger partial charge in [-0.05, 0) is 25.2 Å². The minimum atomic E-state index is -0.153. The van der Waals surface area contributed by atoms with Gasteiger partial charge in [0.25, 0.3) is 0 Å². The zero-order valence-corrected chi connectivity index (χ0v) is 8.58. The first-order chi connectivity index (χ1) is 6.72. The van der Waals surface area contributed by atoms with Crippen LogP contribution < -0.4 is 5.32 Å². The summed E-state index contributed by atoms with van der Waals surface area (Å²) in [5.74, 6) is 0.0453. The smallest absolute Gasteiger partial charge is 0.227 e. The van der Waals surface area contributed by atoms with E-state index in [9.17, 15) is 9.59 Å². The van der Waals surface area contributed by atoms with Crippen molar-refractivity contribution >= 4 is 11.8 Å². The Morgan fingerprint density at radius 2 is 2.21 bits per heavy atom. The molecule has 0 bridgehead atoms. The highest BCUT2D eigenvalue weighted by Crippen LogP contribution is 2.19. The Morgan fingerprint density at radius 1 is 1.43 bits per heavy atom. The largest absolute Gasteiger partial charge is 0.296 e. The third-order valence-corrected chi connectivity index (χ3v) is 2.32. The molecule has 1 unspecified atom stereocenters. The number of rotatable bonds is 4. The van der Waals surface area contributed by atoms with Crippen molar-refractivity contribution in [3.8, 4) is 0 Å². The average molecular weight is 195 g/mol. The van der Waals surface area contributed by atoms with E-state index in [2.05, 4.69) is 17.5 Å². The number of allylic oxidation sites excluding steroid dienone is 2. The lowest BCUT2D eigenvalue weighted by molar-refractivity contribution is -0.130. The molecule has 0 radical (unpaired) electrons. The maximum Gasteiger partial charge on any atom is 0.227 e. The summed E-state index contributed by atoms with van der Waals surface area (Å²) in [4.78, 5) is 22.4. The minimum absolute atomic E-state index is 0.139. The van der Waals surface area contributed by atoms with Crippen LogP contribution in [0.5, 0.6) is 0 Å². The lowest BCUT2D eigenvalue weighted by Gasteiger charge is -2.06. The highest BCUT2D eigenvalue weighted by Gasteiger charge is 2.15. The van der Waals surface area contributed by atoms with Gasteiger partial charge in [0.05, 0.1) is 0 Å². The molecule has 1 atom stereocenters. The van der Waals surface area contributed by atoms with Crippen LogP contribution in [0.25, 0.3) is 0 Å². The van der Waals surface area contributed by atoms with E-state index in [1.807, 2.05) is 6.92 Å². The van der Waals surface area contributed by atoms with Gasteiger partial charge in [0.1, 0.15) is 0 Å². The molecule has 0 heterocycles. The quantitative estimate of drug-likeness (QED) is 0.695. The van der Waals surface area contributed by atoms with Crippen molar-refractivity contribution in [2.24, 2.45) is 5.92 Å². The summed E-state index contributed by atoms with van der Waals surface area (Å²) in [5, 5.41) is 2.40. The predicted molar refractivity (Wildman–Crippen MR) is 54.5 cm³/mol. The van der Waals surface area contributed by atoms with Gasteiger partial charge in [-0.15, -0.1) is 0 Å². The Bertz CT molecular complexity index is 246. The molecule has 1 N–H and O–H groups in total. The lowest BCUT2D eigenvalue weighted by Crippen LogP contribution is -2.31. The fourth-order valence-corrected chi connectivity index (χ4v) is 1.60. The molecule has 3 nitrogen and oxygen atoms in total. The number of nitrogens with one attached hydrogen (secondary N) is 1. The molecule has 0 saturated carbocycles. The van der Waals surface area contributed by atoms with Gasteiger partial charge in [-0.25, -0.2) is 0 Å². The second kappa shape index (κ2) is 5.58. The Morgan fingerprint density at radius 3 is 2.79 bits per heavy atom. The molecule has 2 amide bonds. The van der Waals surface area contributed by atoms with Crippen LogP contribution in [0.15, 0.2) is 12.2 Å². The van der Waals surface area contributed by atoms with E-state index < -0.39 is 0 Å². The normalized spacial score (nSPS) is 19.6. The fourth-order valence-electron chi connectivity index (χ4n) is 1.60. The first-order valence-electron chi connectivity index (χ1n) is 5.21. The van der Waals surface area contributed by atoms with E-state index >= 15 is 0 Å². The van der Waals surface area contributed by atoms with Crippen LogP contribution in [0.1, 0.15) is 39.0 Å². The highest BCUT2D eigenvalue weighted by atomic mass is 16.2. The molecular formula is C11H17NO2. The molecule has 1 aliphatic rings. The average Bonchev–Trinajstić information content (AvgIpc) is 2.56. The molecule has 0 aromatic heterocycles. The topological polar surface area (TPSA) is 46.2 Å². The van der Waals surface area contributed by atoms with Crippen molar-refractivity contribution in [2.45, 2.75) is 39.0 Å². The van der Waals surface area contributed by atoms with Crippen molar-refractivity contribution < 1.29 is 9.59 Å². The molecular weight excluding hydrogens is 178 g/mol. The molecule has 78 valence electrons. The maximum absolute atomic E-state index is 11.3. The number of hydrogen-bond donors (Lipinski definition) is 1. The van der Waals surface area contributed by atoms with Crippen LogP contribution in [-0.4, -0.2) is 11.8 Å². The Balaban J connectivity index is 2.21. The van der Waals surface area contributed by atoms with E-state index in [4.69, 9.17) is 0 Å². The molecule has 1 aliphatic carbocycles. The van der Waals surface area contributed by atoms with Crippen LogP contribution in [0.4, 0.5) is 0 Å². The van der Waals surface area contributed by atoms with Gasteiger partial charge in [0.15, 0.2) is 0 Å². The second-order valence-corrected chi connectivity index (χ2v) is 3.69. The van der Waals surface area contributed by atoms with Gasteiger partial charge >= 0.3 is 0 Å². The van der Waals surface area contributed by atoms with Gasteiger partial charge in [-0.2, -0.15) is 0 Å². The van der Waals surface area contributed by atoms with E-state index in [1.165, 1.54) is 0 Å². The summed E-state index contributed by atoms with van der Waals surface area (Å²) in [6.45, 7) is 1.92. The summed E-state index contributed by atoms with van der Waals surface area (Å²) in [6.07, 6.45) is 7.91. The fraction of sp³-hybridized carbons (Fsp3) is 0.636. The van der Waals surface area contributed by atoms with Crippen molar-refractivity contribution in [3.63, 3.8) is 0 Å². The predicted octanol–water partition coefficient (Wildman–Crippen LogP) is 1.79. The molecule has 0 aromatic carbocycles. The van der Waals surface area contributed by atoms with Gasteiger partial charge in [0.2, 0.25) is 11.8 Å². The Kier molecular flexibility index (Phi) is 4.36. The van der Waals surface area contributed by atoms with Crippen LogP contribution in [0, 0.1) is 5.92 Å². The standard InChI is InChI=1S/C11H17NO2/c1-2-5-10(13)12-11(14)8-9-6-3-4-7-9/h3,6,9H,2,4-5,7-8H2,1H3,(H,12,13,14). The number of amides is 2. The van der Waals surface area contributed by atoms with E-state index in [1.54, 1.807) is 0 Å². The molecule has 1 rings (SSSR count). The van der Waals surface area contributed by atoms with Gasteiger partial charge in [-0.3, -0.25) is 14.9 Å². The van der Waals surface area contributed by atoms with Gasteiger partial charge in [-0.1, -0.05) is 19.1 Å². The monoisotopic (exact) mass is 195 g/mol. The van der Waals surface area contributed by atoms with Crippen molar-refractivity contribution in [1.29, 1.82) is 0 Å². The molecule has 0 saturated heterocycles. The summed E-state index contributed by atoms with van der Waals surface area (Å²) < 4.78 is 0. The molecule has 0 spiro atoms. The van der Waals surface area contributed by atoms with Crippen LogP contribution in [0.2, 0.25) is 0 Å². The summed E-state index contributed by atoms with van der Waals surface area (Å²) >= 11 is 0. The molecule has 3 heteroatoms. The van der Waals surface area contributed by atoms with Crippen molar-refractivity contribution in [1.82, 2.24) is 5.32 Å². The molecule has 14 heavy (non-hydrogen) atoms. The van der Waals surface area contributed by atoms with Crippen LogP contribution >= 0.6 is 0 Å². The summed E-state index contributed by atoms with van der Waals surface area (Å²) in [6, 6.07) is 0. The number of carbonyl (C=O) groups excluding carboxylic acids is 2. The molecule has 0 aromatic rings. The SMILES string of the molecule is CCCC(=O)NC(=O)CC1C=CCC1. The Hall–Kier alpha value is -1.12. The lowest BCUT2D eigenvalue weighted by atomic mass is 10.1. The Labute approximate surface area is 84.6 Å². The van der Waals surface area contributed by atoms with Crippen LogP contribution in [-0.2, 0) is 9.59 Å². The van der Waals surface area contributed by atoms with E-state index in [0.29, 0.717) is 18.8 Å². The third kappa shape index (κ3) is 3.73. The van der Waals surface area contributed by atoms with Crippen LogP contribution in [0.3, 0.4) is 0 Å². The number of carbonyl (C=O) groups is 2. The van der Waals surface area contributed by atoms with Crippen molar-refractivity contribution in [2.75, 3.05) is 0 Å². The summed E-state index contributed by atoms with van der Waals surface area (Å²) in [5.41, 5.74) is 0. The number of imide groups is 1. The van der Waals surface area contributed by atoms with E-state index in [-0.39, 0.29) is 11.8 Å². The summed E-state index contributed by atoms with van der Waals surface area (Å²) in [7, 11) is 0. The zero-order chi connectivity index (χ0) is 10.4. The highest BCUT2D eigenvalue weighted by molar-refractivity contribution is 5.95. The molecule has 0 aliphatic heterocycles. The van der Waals surface area contributed by atoms with Crippen molar-refractivity contribution in [3.05, 3.63) is 12.2 Å². The molecule has 0 fully saturated rings. The van der Waals surface area contributed by atoms with Gasteiger partial charge < -0.3 is 0 Å². The van der Waals surface area contributed by atoms with E-state index in [0.717, 1.165) is 19.3 Å². The number of hydrogen-bond acceptors (Lipinski definition) is 2. The second-order valence-electron chi connectivity index (χ2n) is 3.69. The first-order valence-corrected chi connectivity index (χ1v) is 5.21. The van der Waals surface area contributed by atoms with Gasteiger partial charge in [0, 0.05) is 12.8 Å². The zero-order valence-electron chi connectivity index (χ0n) is 8.58. The minimum Gasteiger partial charge on any atom is -0.296 e. The third-order valence-electron chi connectivity index (χ3n) is 2.32. The first kappa shape index (κ1) is 11.0.